The van der Waals surface area contributed by atoms with Gasteiger partial charge in [0.15, 0.2) is 0 Å². The van der Waals surface area contributed by atoms with Gasteiger partial charge >= 0.3 is 0 Å². The monoisotopic (exact) mass is 482 g/mol. The van der Waals surface area contributed by atoms with Gasteiger partial charge in [-0.2, -0.15) is 0 Å². The predicted molar refractivity (Wildman–Crippen MR) is 125 cm³/mol. The summed E-state index contributed by atoms with van der Waals surface area (Å²) < 4.78 is 19.8. The minimum absolute atomic E-state index is 0.0324. The third kappa shape index (κ3) is 4.08. The molecule has 2 aromatic carbocycles. The molecule has 0 saturated carbocycles. The van der Waals surface area contributed by atoms with Crippen LogP contribution >= 0.6 is 11.6 Å². The predicted octanol–water partition coefficient (Wildman–Crippen LogP) is 3.71. The number of aromatic nitrogens is 1. The standard InChI is InChI=1S/C25H24ClFN4O3/c1-15-20(22(30-34-15)21-17(26)8-5-9-18(21)27)24(33)31-12-10-25(11-13-31)28-19(23(32)29-25)14-16-6-3-2-4-7-16/h2-9,19,28H,10-14H2,1H3,(H,29,32). The molecule has 0 radical (unpaired) electrons. The third-order valence-corrected chi connectivity index (χ3v) is 6.91. The molecule has 0 aliphatic carbocycles. The summed E-state index contributed by atoms with van der Waals surface area (Å²) in [6.45, 7) is 2.45. The molecule has 2 saturated heterocycles. The first-order valence-electron chi connectivity index (χ1n) is 11.2. The van der Waals surface area contributed by atoms with Crippen LogP contribution in [0.5, 0.6) is 0 Å². The molecule has 1 aromatic heterocycles. The van der Waals surface area contributed by atoms with Crippen molar-refractivity contribution in [1.29, 1.82) is 0 Å². The zero-order valence-corrected chi connectivity index (χ0v) is 19.4. The molecule has 9 heteroatoms. The van der Waals surface area contributed by atoms with E-state index in [9.17, 15) is 14.0 Å². The zero-order valence-electron chi connectivity index (χ0n) is 18.6. The molecule has 3 aromatic rings. The van der Waals surface area contributed by atoms with E-state index >= 15 is 0 Å². The maximum absolute atomic E-state index is 14.5. The highest BCUT2D eigenvalue weighted by Crippen LogP contribution is 2.35. The summed E-state index contributed by atoms with van der Waals surface area (Å²) in [5.41, 5.74) is 0.886. The van der Waals surface area contributed by atoms with Crippen molar-refractivity contribution in [3.63, 3.8) is 0 Å². The Bertz CT molecular complexity index is 1220. The molecule has 2 amide bonds. The smallest absolute Gasteiger partial charge is 0.259 e. The SMILES string of the molecule is Cc1onc(-c2c(F)cccc2Cl)c1C(=O)N1CCC2(CC1)NC(=O)C(Cc1ccccc1)N2. The fourth-order valence-electron chi connectivity index (χ4n) is 4.79. The number of nitrogens with one attached hydrogen (secondary N) is 2. The summed E-state index contributed by atoms with van der Waals surface area (Å²) in [5, 5.41) is 10.7. The van der Waals surface area contributed by atoms with Crippen molar-refractivity contribution in [2.45, 2.75) is 37.9 Å². The van der Waals surface area contributed by atoms with Crippen LogP contribution in [0.25, 0.3) is 11.3 Å². The summed E-state index contributed by atoms with van der Waals surface area (Å²) in [5.74, 6) is -0.604. The van der Waals surface area contributed by atoms with Crippen LogP contribution in [0.15, 0.2) is 53.1 Å². The largest absolute Gasteiger partial charge is 0.360 e. The Labute approximate surface area is 201 Å². The quantitative estimate of drug-likeness (QED) is 0.592. The number of hydrogen-bond donors (Lipinski definition) is 2. The molecule has 1 spiro atoms. The Hall–Kier alpha value is -3.23. The Morgan fingerprint density at radius 3 is 2.65 bits per heavy atom. The number of piperidine rings is 1. The highest BCUT2D eigenvalue weighted by Gasteiger charge is 2.46. The zero-order chi connectivity index (χ0) is 23.9. The van der Waals surface area contributed by atoms with Crippen molar-refractivity contribution < 1.29 is 18.5 Å². The van der Waals surface area contributed by atoms with E-state index in [1.165, 1.54) is 12.1 Å². The van der Waals surface area contributed by atoms with Crippen molar-refractivity contribution in [1.82, 2.24) is 20.7 Å². The molecule has 0 bridgehead atoms. The van der Waals surface area contributed by atoms with Crippen LogP contribution < -0.4 is 10.6 Å². The second kappa shape index (κ2) is 8.85. The Balaban J connectivity index is 1.30. The van der Waals surface area contributed by atoms with E-state index in [1.54, 1.807) is 17.9 Å². The first kappa shape index (κ1) is 22.6. The molecule has 2 N–H and O–H groups in total. The van der Waals surface area contributed by atoms with Crippen LogP contribution in [0.3, 0.4) is 0 Å². The highest BCUT2D eigenvalue weighted by molar-refractivity contribution is 6.33. The lowest BCUT2D eigenvalue weighted by Crippen LogP contribution is -2.58. The maximum atomic E-state index is 14.5. The molecular formula is C25H24ClFN4O3. The molecular weight excluding hydrogens is 459 g/mol. The number of halogens is 2. The van der Waals surface area contributed by atoms with Gasteiger partial charge in [-0.05, 0) is 31.0 Å². The fourth-order valence-corrected chi connectivity index (χ4v) is 5.04. The summed E-state index contributed by atoms with van der Waals surface area (Å²) in [6, 6.07) is 13.8. The number of benzene rings is 2. The number of amides is 2. The molecule has 3 heterocycles. The number of carbonyl (C=O) groups is 2. The highest BCUT2D eigenvalue weighted by atomic mass is 35.5. The first-order chi connectivity index (χ1) is 16.4. The summed E-state index contributed by atoms with van der Waals surface area (Å²) >= 11 is 6.21. The molecule has 5 rings (SSSR count). The minimum Gasteiger partial charge on any atom is -0.360 e. The van der Waals surface area contributed by atoms with Crippen molar-refractivity contribution in [2.24, 2.45) is 0 Å². The van der Waals surface area contributed by atoms with Gasteiger partial charge in [0.25, 0.3) is 5.91 Å². The average molecular weight is 483 g/mol. The molecule has 1 atom stereocenters. The lowest BCUT2D eigenvalue weighted by atomic mass is 9.96. The molecule has 2 fully saturated rings. The molecule has 34 heavy (non-hydrogen) atoms. The Kier molecular flexibility index (Phi) is 5.87. The number of carbonyl (C=O) groups excluding carboxylic acids is 2. The normalized spacial score (nSPS) is 19.4. The maximum Gasteiger partial charge on any atom is 0.259 e. The Morgan fingerprint density at radius 1 is 1.21 bits per heavy atom. The molecule has 7 nitrogen and oxygen atoms in total. The van der Waals surface area contributed by atoms with Crippen molar-refractivity contribution in [3.05, 3.63) is 76.3 Å². The van der Waals surface area contributed by atoms with Gasteiger partial charge in [0, 0.05) is 25.9 Å². The van der Waals surface area contributed by atoms with Crippen molar-refractivity contribution in [2.75, 3.05) is 13.1 Å². The topological polar surface area (TPSA) is 87.5 Å². The van der Waals surface area contributed by atoms with Crippen LogP contribution in [0.1, 0.15) is 34.5 Å². The summed E-state index contributed by atoms with van der Waals surface area (Å²) in [6.07, 6.45) is 1.70. The number of nitrogens with zero attached hydrogens (tertiary/aromatic N) is 2. The van der Waals surface area contributed by atoms with E-state index in [1.807, 2.05) is 30.3 Å². The lowest BCUT2D eigenvalue weighted by Gasteiger charge is -2.39. The van der Waals surface area contributed by atoms with E-state index in [4.69, 9.17) is 16.1 Å². The van der Waals surface area contributed by atoms with Crippen LogP contribution in [0.4, 0.5) is 4.39 Å². The van der Waals surface area contributed by atoms with E-state index in [-0.39, 0.29) is 39.7 Å². The minimum atomic E-state index is -0.574. The number of hydrogen-bond acceptors (Lipinski definition) is 5. The first-order valence-corrected chi connectivity index (χ1v) is 11.6. The molecule has 176 valence electrons. The lowest BCUT2D eigenvalue weighted by molar-refractivity contribution is -0.121. The van der Waals surface area contributed by atoms with E-state index in [0.717, 1.165) is 5.56 Å². The van der Waals surface area contributed by atoms with Gasteiger partial charge in [0.05, 0.1) is 22.3 Å². The molecule has 1 unspecified atom stereocenters. The van der Waals surface area contributed by atoms with E-state index < -0.39 is 11.5 Å². The van der Waals surface area contributed by atoms with E-state index in [0.29, 0.717) is 38.1 Å². The van der Waals surface area contributed by atoms with Gasteiger partial charge < -0.3 is 14.7 Å². The average Bonchev–Trinajstić information content (AvgIpc) is 3.34. The van der Waals surface area contributed by atoms with E-state index in [2.05, 4.69) is 15.8 Å². The third-order valence-electron chi connectivity index (χ3n) is 6.59. The van der Waals surface area contributed by atoms with Gasteiger partial charge in [0.2, 0.25) is 5.91 Å². The molecule has 2 aliphatic rings. The van der Waals surface area contributed by atoms with Gasteiger partial charge in [-0.1, -0.05) is 53.2 Å². The van der Waals surface area contributed by atoms with Gasteiger partial charge in [0.1, 0.15) is 22.8 Å². The summed E-state index contributed by atoms with van der Waals surface area (Å²) in [7, 11) is 0. The number of likely N-dealkylation sites (tertiary alicyclic amines) is 1. The van der Waals surface area contributed by atoms with Crippen LogP contribution in [0.2, 0.25) is 5.02 Å². The van der Waals surface area contributed by atoms with Crippen LogP contribution in [-0.4, -0.2) is 46.7 Å². The summed E-state index contributed by atoms with van der Waals surface area (Å²) in [4.78, 5) is 27.7. The second-order valence-corrected chi connectivity index (χ2v) is 9.22. The van der Waals surface area contributed by atoms with Crippen LogP contribution in [0, 0.1) is 12.7 Å². The molecule has 2 aliphatic heterocycles. The number of aryl methyl sites for hydroxylation is 1. The van der Waals surface area contributed by atoms with Crippen molar-refractivity contribution >= 4 is 23.4 Å². The van der Waals surface area contributed by atoms with Gasteiger partial charge in [-0.25, -0.2) is 4.39 Å². The second-order valence-electron chi connectivity index (χ2n) is 8.81. The van der Waals surface area contributed by atoms with Gasteiger partial charge in [-0.15, -0.1) is 0 Å². The Morgan fingerprint density at radius 2 is 1.94 bits per heavy atom. The van der Waals surface area contributed by atoms with Gasteiger partial charge in [-0.3, -0.25) is 14.9 Å². The van der Waals surface area contributed by atoms with Crippen LogP contribution in [-0.2, 0) is 11.2 Å². The number of rotatable bonds is 4. The fraction of sp³-hybridized carbons (Fsp3) is 0.320. The van der Waals surface area contributed by atoms with Crippen molar-refractivity contribution in [3.8, 4) is 11.3 Å².